The molecule has 0 amide bonds. The summed E-state index contributed by atoms with van der Waals surface area (Å²) in [5.41, 5.74) is 6.23. The van der Waals surface area contributed by atoms with Crippen LogP contribution >= 0.6 is 22.7 Å². The Morgan fingerprint density at radius 3 is 2.12 bits per heavy atom. The summed E-state index contributed by atoms with van der Waals surface area (Å²) in [4.78, 5) is 21.0. The molecular weight excluding hydrogens is 739 g/mol. The lowest BCUT2D eigenvalue weighted by Crippen LogP contribution is -2.07. The molecule has 10 aromatic rings. The monoisotopic (exact) mass is 769 g/mol. The SMILES string of the molecule is C=Cc1c(C(=C)C(=N)N=C(c2ccccc2)c2cc3ccccc3o2)sc2ccc(-c3nc(-c4ccccc4)nc(-c4cccc5sc6ccccc6c45)n3)cc12. The van der Waals surface area contributed by atoms with Gasteiger partial charge in [0.25, 0.3) is 0 Å². The molecule has 8 heteroatoms. The summed E-state index contributed by atoms with van der Waals surface area (Å²) >= 11 is 3.33. The Morgan fingerprint density at radius 2 is 1.32 bits per heavy atom. The Balaban J connectivity index is 1.08. The first-order valence-electron chi connectivity index (χ1n) is 18.3. The molecule has 0 saturated heterocycles. The van der Waals surface area contributed by atoms with Crippen LogP contribution < -0.4 is 0 Å². The Labute approximate surface area is 336 Å². The number of hydrogen-bond donors (Lipinski definition) is 1. The van der Waals surface area contributed by atoms with Crippen molar-refractivity contribution in [2.45, 2.75) is 0 Å². The van der Waals surface area contributed by atoms with E-state index >= 15 is 0 Å². The van der Waals surface area contributed by atoms with E-state index in [0.717, 1.165) is 59.1 Å². The average Bonchev–Trinajstić information content (AvgIpc) is 3.98. The van der Waals surface area contributed by atoms with Gasteiger partial charge in [-0.25, -0.2) is 19.9 Å². The number of rotatable bonds is 8. The maximum Gasteiger partial charge on any atom is 0.164 e. The van der Waals surface area contributed by atoms with E-state index in [9.17, 15) is 5.41 Å². The molecule has 0 saturated carbocycles. The molecule has 0 atom stereocenters. The number of nitrogens with zero attached hydrogens (tertiary/aromatic N) is 4. The summed E-state index contributed by atoms with van der Waals surface area (Å²) in [5.74, 6) is 2.39. The van der Waals surface area contributed by atoms with Gasteiger partial charge in [0.15, 0.2) is 29.1 Å². The first kappa shape index (κ1) is 34.4. The van der Waals surface area contributed by atoms with Crippen LogP contribution in [0.3, 0.4) is 0 Å². The molecule has 0 unspecified atom stereocenters. The lowest BCUT2D eigenvalue weighted by molar-refractivity contribution is 0.605. The fourth-order valence-corrected chi connectivity index (χ4v) is 9.52. The van der Waals surface area contributed by atoms with E-state index in [1.807, 2.05) is 103 Å². The summed E-state index contributed by atoms with van der Waals surface area (Å²) in [5, 5.41) is 13.5. The molecule has 6 aromatic carbocycles. The van der Waals surface area contributed by atoms with Crippen molar-refractivity contribution in [2.75, 3.05) is 0 Å². The smallest absolute Gasteiger partial charge is 0.164 e. The normalized spacial score (nSPS) is 11.8. The van der Waals surface area contributed by atoms with Gasteiger partial charge in [-0.2, -0.15) is 0 Å². The maximum absolute atomic E-state index is 9.24. The van der Waals surface area contributed by atoms with E-state index in [1.54, 1.807) is 22.7 Å². The zero-order chi connectivity index (χ0) is 38.5. The lowest BCUT2D eigenvalue weighted by atomic mass is 10.0. The van der Waals surface area contributed by atoms with Gasteiger partial charge in [-0.05, 0) is 42.5 Å². The van der Waals surface area contributed by atoms with Gasteiger partial charge in [0.1, 0.15) is 11.3 Å². The van der Waals surface area contributed by atoms with Gasteiger partial charge in [0, 0.05) is 73.9 Å². The number of aliphatic imine (C=N–C) groups is 1. The highest BCUT2D eigenvalue weighted by Gasteiger charge is 2.21. The van der Waals surface area contributed by atoms with E-state index in [4.69, 9.17) is 24.4 Å². The van der Waals surface area contributed by atoms with Crippen molar-refractivity contribution < 1.29 is 4.42 Å². The zero-order valence-electron chi connectivity index (χ0n) is 30.4. The number of thiophene rings is 2. The molecule has 6 nitrogen and oxygen atoms in total. The molecule has 10 rings (SSSR count). The number of hydrogen-bond acceptors (Lipinski definition) is 7. The fraction of sp³-hybridized carbons (Fsp3) is 0. The summed E-state index contributed by atoms with van der Waals surface area (Å²) in [6.07, 6.45) is 1.83. The Bertz CT molecular complexity index is 3210. The van der Waals surface area contributed by atoms with E-state index < -0.39 is 0 Å². The third-order valence-corrected chi connectivity index (χ3v) is 12.4. The van der Waals surface area contributed by atoms with Gasteiger partial charge in [-0.3, -0.25) is 5.41 Å². The number of amidine groups is 1. The molecule has 1 N–H and O–H groups in total. The minimum atomic E-state index is 0.0360. The van der Waals surface area contributed by atoms with Crippen molar-refractivity contribution in [2.24, 2.45) is 4.99 Å². The van der Waals surface area contributed by atoms with Crippen molar-refractivity contribution in [3.63, 3.8) is 0 Å². The van der Waals surface area contributed by atoms with Crippen molar-refractivity contribution >= 4 is 87.1 Å². The second-order valence-corrected chi connectivity index (χ2v) is 15.6. The number of furan rings is 1. The molecule has 0 fully saturated rings. The van der Waals surface area contributed by atoms with Gasteiger partial charge >= 0.3 is 0 Å². The standard InChI is InChI=1S/C49H31N5OS2/c1-3-34-37-27-33(48-52-47(31-17-8-5-9-18-31)53-49(54-48)36-21-14-24-42-43(36)35-20-11-13-23-40(35)56-42)25-26-41(37)57-45(34)29(2)46(50)51-44(30-15-6-4-7-16-30)39-28-32-19-10-12-22-38(32)55-39/h3-28,50H,1-2H2. The second kappa shape index (κ2) is 14.2. The molecule has 0 radical (unpaired) electrons. The summed E-state index contributed by atoms with van der Waals surface area (Å²) < 4.78 is 9.67. The van der Waals surface area contributed by atoms with Crippen LogP contribution in [0, 0.1) is 5.41 Å². The molecular formula is C49H31N5OS2. The van der Waals surface area contributed by atoms with Crippen LogP contribution in [0.1, 0.15) is 21.8 Å². The minimum Gasteiger partial charge on any atom is -0.454 e. The molecule has 0 aliphatic rings. The predicted octanol–water partition coefficient (Wildman–Crippen LogP) is 13.4. The topological polar surface area (TPSA) is 88.0 Å². The number of para-hydroxylation sites is 1. The Hall–Kier alpha value is -7.13. The van der Waals surface area contributed by atoms with E-state index in [2.05, 4.69) is 67.8 Å². The largest absolute Gasteiger partial charge is 0.454 e. The number of fused-ring (bicyclic) bond motifs is 5. The molecule has 270 valence electrons. The van der Waals surface area contributed by atoms with Gasteiger partial charge in [0.05, 0.1) is 0 Å². The van der Waals surface area contributed by atoms with E-state index in [0.29, 0.717) is 34.5 Å². The average molecular weight is 770 g/mol. The zero-order valence-corrected chi connectivity index (χ0v) is 32.1. The Kier molecular flexibility index (Phi) is 8.55. The van der Waals surface area contributed by atoms with Crippen LogP contribution in [0.5, 0.6) is 0 Å². The van der Waals surface area contributed by atoms with Gasteiger partial charge in [-0.1, -0.05) is 128 Å². The van der Waals surface area contributed by atoms with Gasteiger partial charge < -0.3 is 4.42 Å². The second-order valence-electron chi connectivity index (χ2n) is 13.5. The van der Waals surface area contributed by atoms with Crippen molar-refractivity contribution in [1.82, 2.24) is 15.0 Å². The third kappa shape index (κ3) is 6.17. The van der Waals surface area contributed by atoms with Crippen LogP contribution in [0.25, 0.3) is 87.0 Å². The highest BCUT2D eigenvalue weighted by molar-refractivity contribution is 7.26. The Morgan fingerprint density at radius 1 is 0.632 bits per heavy atom. The van der Waals surface area contributed by atoms with Crippen LogP contribution in [-0.2, 0) is 0 Å². The van der Waals surface area contributed by atoms with Gasteiger partial charge in [0.2, 0.25) is 0 Å². The predicted molar refractivity (Wildman–Crippen MR) is 240 cm³/mol. The molecule has 0 aliphatic heterocycles. The molecule has 0 aliphatic carbocycles. The first-order valence-corrected chi connectivity index (χ1v) is 20.0. The van der Waals surface area contributed by atoms with Crippen molar-refractivity contribution in [3.05, 3.63) is 187 Å². The van der Waals surface area contributed by atoms with Crippen LogP contribution in [0.15, 0.2) is 174 Å². The van der Waals surface area contributed by atoms with Crippen LogP contribution in [0.2, 0.25) is 0 Å². The molecule has 0 spiro atoms. The lowest BCUT2D eigenvalue weighted by Gasteiger charge is -2.10. The molecule has 57 heavy (non-hydrogen) atoms. The third-order valence-electron chi connectivity index (χ3n) is 9.99. The van der Waals surface area contributed by atoms with Crippen molar-refractivity contribution in [1.29, 1.82) is 5.41 Å². The molecule has 0 bridgehead atoms. The summed E-state index contributed by atoms with van der Waals surface area (Å²) in [6, 6.07) is 50.7. The highest BCUT2D eigenvalue weighted by atomic mass is 32.1. The van der Waals surface area contributed by atoms with Crippen LogP contribution in [-0.4, -0.2) is 26.5 Å². The fourth-order valence-electron chi connectivity index (χ4n) is 7.23. The van der Waals surface area contributed by atoms with E-state index in [-0.39, 0.29) is 5.84 Å². The van der Waals surface area contributed by atoms with Gasteiger partial charge in [-0.15, -0.1) is 22.7 Å². The summed E-state index contributed by atoms with van der Waals surface area (Å²) in [6.45, 7) is 8.59. The quantitative estimate of drug-likeness (QED) is 0.123. The minimum absolute atomic E-state index is 0.0360. The van der Waals surface area contributed by atoms with E-state index in [1.165, 1.54) is 14.8 Å². The van der Waals surface area contributed by atoms with Crippen molar-refractivity contribution in [3.8, 4) is 34.2 Å². The number of nitrogens with one attached hydrogen (secondary N) is 1. The highest BCUT2D eigenvalue weighted by Crippen LogP contribution is 2.41. The van der Waals surface area contributed by atoms with Crippen LogP contribution in [0.4, 0.5) is 0 Å². The number of aromatic nitrogens is 3. The first-order chi connectivity index (χ1) is 28.0. The molecule has 4 heterocycles. The summed E-state index contributed by atoms with van der Waals surface area (Å²) in [7, 11) is 0. The molecule has 4 aromatic heterocycles. The number of benzene rings is 6. The maximum atomic E-state index is 9.24.